The second-order valence-electron chi connectivity index (χ2n) is 6.73. The van der Waals surface area contributed by atoms with Gasteiger partial charge in [-0.15, -0.1) is 0 Å². The van der Waals surface area contributed by atoms with E-state index in [0.717, 1.165) is 42.6 Å². The molecule has 3 rings (SSSR count). The molecule has 4 nitrogen and oxygen atoms in total. The Hall–Kier alpha value is -2.62. The van der Waals surface area contributed by atoms with E-state index in [-0.39, 0.29) is 17.9 Å². The number of hydrogen-bond donors (Lipinski definition) is 1. The van der Waals surface area contributed by atoms with Crippen molar-refractivity contribution in [3.63, 3.8) is 0 Å². The highest BCUT2D eigenvalue weighted by atomic mass is 16.2. The lowest BCUT2D eigenvalue weighted by Crippen LogP contribution is -2.41. The molecule has 1 fully saturated rings. The van der Waals surface area contributed by atoms with Crippen LogP contribution in [-0.2, 0) is 11.2 Å². The third kappa shape index (κ3) is 4.27. The molecule has 2 amide bonds. The van der Waals surface area contributed by atoms with Crippen LogP contribution in [0.5, 0.6) is 0 Å². The molecule has 0 radical (unpaired) electrons. The summed E-state index contributed by atoms with van der Waals surface area (Å²) in [6.07, 6.45) is 1.92. The second kappa shape index (κ2) is 7.51. The molecule has 1 aliphatic heterocycles. The molecule has 25 heavy (non-hydrogen) atoms. The number of rotatable bonds is 5. The van der Waals surface area contributed by atoms with Crippen molar-refractivity contribution in [2.24, 2.45) is 0 Å². The van der Waals surface area contributed by atoms with Crippen LogP contribution in [0.15, 0.2) is 48.5 Å². The van der Waals surface area contributed by atoms with Crippen LogP contribution in [0.1, 0.15) is 36.2 Å². The highest BCUT2D eigenvalue weighted by Gasteiger charge is 2.21. The van der Waals surface area contributed by atoms with Crippen LogP contribution in [-0.4, -0.2) is 35.8 Å². The zero-order valence-corrected chi connectivity index (χ0v) is 14.8. The summed E-state index contributed by atoms with van der Waals surface area (Å²) in [5, 5.41) is 2.90. The molecule has 1 aliphatic rings. The maximum Gasteiger partial charge on any atom is 0.253 e. The Morgan fingerprint density at radius 2 is 1.56 bits per heavy atom. The second-order valence-corrected chi connectivity index (χ2v) is 6.73. The molecule has 1 saturated heterocycles. The smallest absolute Gasteiger partial charge is 0.253 e. The van der Waals surface area contributed by atoms with E-state index in [1.165, 1.54) is 12.5 Å². The monoisotopic (exact) mass is 336 g/mol. The first kappa shape index (κ1) is 17.2. The quantitative estimate of drug-likeness (QED) is 0.911. The van der Waals surface area contributed by atoms with E-state index in [1.54, 1.807) is 0 Å². The van der Waals surface area contributed by atoms with Gasteiger partial charge >= 0.3 is 0 Å². The van der Waals surface area contributed by atoms with Gasteiger partial charge in [0, 0.05) is 31.6 Å². The largest absolute Gasteiger partial charge is 0.354 e. The summed E-state index contributed by atoms with van der Waals surface area (Å²) in [5.41, 5.74) is 4.17. The van der Waals surface area contributed by atoms with E-state index in [4.69, 9.17) is 0 Å². The van der Waals surface area contributed by atoms with Crippen LogP contribution in [0, 0.1) is 0 Å². The van der Waals surface area contributed by atoms with Gasteiger partial charge in [-0.25, -0.2) is 0 Å². The number of nitrogens with one attached hydrogen (secondary N) is 1. The molecule has 4 heteroatoms. The Kier molecular flexibility index (Phi) is 5.17. The van der Waals surface area contributed by atoms with Gasteiger partial charge in [0.2, 0.25) is 5.91 Å². The molecule has 1 heterocycles. The Bertz CT molecular complexity index is 746. The molecular formula is C21H24N2O2. The molecule has 1 atom stereocenters. The number of benzene rings is 2. The third-order valence-electron chi connectivity index (χ3n) is 4.55. The van der Waals surface area contributed by atoms with Gasteiger partial charge in [0.15, 0.2) is 0 Å². The lowest BCUT2D eigenvalue weighted by molar-refractivity contribution is -0.119. The minimum absolute atomic E-state index is 0.00279. The summed E-state index contributed by atoms with van der Waals surface area (Å²) in [5.74, 6) is 0.122. The van der Waals surface area contributed by atoms with Crippen molar-refractivity contribution in [1.29, 1.82) is 0 Å². The van der Waals surface area contributed by atoms with Crippen molar-refractivity contribution < 1.29 is 9.59 Å². The molecule has 0 aromatic heterocycles. The molecule has 0 bridgehead atoms. The fourth-order valence-corrected chi connectivity index (χ4v) is 3.09. The van der Waals surface area contributed by atoms with Crippen molar-refractivity contribution in [3.8, 4) is 11.1 Å². The number of carbonyl (C=O) groups excluding carboxylic acids is 2. The summed E-state index contributed by atoms with van der Waals surface area (Å²) < 4.78 is 0. The van der Waals surface area contributed by atoms with E-state index in [2.05, 4.69) is 29.6 Å². The maximum absolute atomic E-state index is 12.2. The lowest BCUT2D eigenvalue weighted by atomic mass is 10.00. The van der Waals surface area contributed by atoms with Crippen LogP contribution in [0.4, 0.5) is 0 Å². The van der Waals surface area contributed by atoms with E-state index < -0.39 is 0 Å². The van der Waals surface area contributed by atoms with E-state index in [9.17, 15) is 9.59 Å². The fourth-order valence-electron chi connectivity index (χ4n) is 3.09. The third-order valence-corrected chi connectivity index (χ3v) is 4.55. The first-order chi connectivity index (χ1) is 12.0. The summed E-state index contributed by atoms with van der Waals surface area (Å²) in [4.78, 5) is 25.2. The van der Waals surface area contributed by atoms with Crippen LogP contribution in [0.3, 0.4) is 0 Å². The summed E-state index contributed by atoms with van der Waals surface area (Å²) in [7, 11) is 0. The van der Waals surface area contributed by atoms with Crippen LogP contribution < -0.4 is 5.32 Å². The van der Waals surface area contributed by atoms with Crippen LogP contribution in [0.2, 0.25) is 0 Å². The van der Waals surface area contributed by atoms with Gasteiger partial charge in [-0.05, 0) is 48.6 Å². The Labute approximate surface area is 148 Å². The SMILES string of the molecule is CC(=O)NC(C)Cc1ccc(-c2ccc(C(=O)N3CCC3)cc2)cc1. The van der Waals surface area contributed by atoms with E-state index in [1.807, 2.05) is 36.1 Å². The fraction of sp³-hybridized carbons (Fsp3) is 0.333. The molecule has 1 N–H and O–H groups in total. The minimum atomic E-state index is -0.00279. The topological polar surface area (TPSA) is 49.4 Å². The summed E-state index contributed by atoms with van der Waals surface area (Å²) in [6.45, 7) is 5.29. The number of hydrogen-bond acceptors (Lipinski definition) is 2. The Morgan fingerprint density at radius 3 is 2.04 bits per heavy atom. The lowest BCUT2D eigenvalue weighted by Gasteiger charge is -2.30. The van der Waals surface area contributed by atoms with Crippen LogP contribution >= 0.6 is 0 Å². The first-order valence-corrected chi connectivity index (χ1v) is 8.78. The van der Waals surface area contributed by atoms with Gasteiger partial charge in [0.1, 0.15) is 0 Å². The van der Waals surface area contributed by atoms with Gasteiger partial charge in [0.05, 0.1) is 0 Å². The minimum Gasteiger partial charge on any atom is -0.354 e. The number of carbonyl (C=O) groups is 2. The molecule has 0 saturated carbocycles. The van der Waals surface area contributed by atoms with Crippen molar-refractivity contribution in [2.75, 3.05) is 13.1 Å². The summed E-state index contributed by atoms with van der Waals surface area (Å²) in [6, 6.07) is 16.3. The number of likely N-dealkylation sites (tertiary alicyclic amines) is 1. The Morgan fingerprint density at radius 1 is 1.00 bits per heavy atom. The predicted molar refractivity (Wildman–Crippen MR) is 99.4 cm³/mol. The van der Waals surface area contributed by atoms with E-state index in [0.29, 0.717) is 0 Å². The van der Waals surface area contributed by atoms with Gasteiger partial charge < -0.3 is 10.2 Å². The van der Waals surface area contributed by atoms with E-state index >= 15 is 0 Å². The molecule has 0 aliphatic carbocycles. The van der Waals surface area contributed by atoms with Crippen molar-refractivity contribution in [2.45, 2.75) is 32.7 Å². The molecular weight excluding hydrogens is 312 g/mol. The molecule has 1 unspecified atom stereocenters. The normalized spacial score (nSPS) is 14.6. The average Bonchev–Trinajstić information content (AvgIpc) is 2.53. The first-order valence-electron chi connectivity index (χ1n) is 8.78. The number of amides is 2. The zero-order chi connectivity index (χ0) is 17.8. The highest BCUT2D eigenvalue weighted by molar-refractivity contribution is 5.95. The van der Waals surface area contributed by atoms with Crippen LogP contribution in [0.25, 0.3) is 11.1 Å². The van der Waals surface area contributed by atoms with Crippen molar-refractivity contribution in [1.82, 2.24) is 10.2 Å². The summed E-state index contributed by atoms with van der Waals surface area (Å²) >= 11 is 0. The molecule has 130 valence electrons. The number of nitrogens with zero attached hydrogens (tertiary/aromatic N) is 1. The van der Waals surface area contributed by atoms with Gasteiger partial charge in [-0.3, -0.25) is 9.59 Å². The van der Waals surface area contributed by atoms with Crippen molar-refractivity contribution >= 4 is 11.8 Å². The highest BCUT2D eigenvalue weighted by Crippen LogP contribution is 2.22. The molecule has 2 aromatic carbocycles. The van der Waals surface area contributed by atoms with Gasteiger partial charge in [0.25, 0.3) is 5.91 Å². The van der Waals surface area contributed by atoms with Crippen molar-refractivity contribution in [3.05, 3.63) is 59.7 Å². The Balaban J connectivity index is 1.65. The molecule has 2 aromatic rings. The molecule has 0 spiro atoms. The maximum atomic E-state index is 12.2. The zero-order valence-electron chi connectivity index (χ0n) is 14.8. The standard InChI is InChI=1S/C21H24N2O2/c1-15(22-16(2)24)14-17-4-6-18(7-5-17)19-8-10-20(11-9-19)21(25)23-12-3-13-23/h4-11,15H,3,12-14H2,1-2H3,(H,22,24). The van der Waals surface area contributed by atoms with Gasteiger partial charge in [-0.2, -0.15) is 0 Å². The van der Waals surface area contributed by atoms with Gasteiger partial charge in [-0.1, -0.05) is 36.4 Å². The predicted octanol–water partition coefficient (Wildman–Crippen LogP) is 3.27. The average molecular weight is 336 g/mol.